The van der Waals surface area contributed by atoms with Crippen molar-refractivity contribution >= 4 is 23.8 Å². The molecule has 34 heavy (non-hydrogen) atoms. The summed E-state index contributed by atoms with van der Waals surface area (Å²) in [6, 6.07) is 8.80. The van der Waals surface area contributed by atoms with Gasteiger partial charge in [-0.2, -0.15) is 0 Å². The van der Waals surface area contributed by atoms with E-state index in [0.29, 0.717) is 56.5 Å². The summed E-state index contributed by atoms with van der Waals surface area (Å²) in [5, 5.41) is 17.7. The maximum Gasteiger partial charge on any atom is 0.414 e. The first-order valence-corrected chi connectivity index (χ1v) is 10.2. The smallest absolute Gasteiger partial charge is 0.414 e. The summed E-state index contributed by atoms with van der Waals surface area (Å²) in [6.07, 6.45) is 1.49. The fraction of sp³-hybridized carbons (Fsp3) is 0.364. The van der Waals surface area contributed by atoms with Crippen LogP contribution in [0, 0.1) is 0 Å². The van der Waals surface area contributed by atoms with Gasteiger partial charge in [-0.15, -0.1) is 0 Å². The highest BCUT2D eigenvalue weighted by Crippen LogP contribution is 2.27. The van der Waals surface area contributed by atoms with Crippen molar-refractivity contribution in [2.45, 2.75) is 6.54 Å². The lowest BCUT2D eigenvalue weighted by atomic mass is 10.2. The number of carboxylic acids is 2. The molecular formula is C22H27N3O9. The maximum absolute atomic E-state index is 12.4. The van der Waals surface area contributed by atoms with E-state index < -0.39 is 11.9 Å². The van der Waals surface area contributed by atoms with E-state index in [9.17, 15) is 9.59 Å². The second kappa shape index (κ2) is 12.8. The van der Waals surface area contributed by atoms with Crippen LogP contribution in [0.3, 0.4) is 0 Å². The number of amides is 2. The number of urea groups is 1. The van der Waals surface area contributed by atoms with Crippen LogP contribution >= 0.6 is 0 Å². The first-order valence-electron chi connectivity index (χ1n) is 10.2. The van der Waals surface area contributed by atoms with Crippen molar-refractivity contribution in [1.82, 2.24) is 15.1 Å². The summed E-state index contributed by atoms with van der Waals surface area (Å²) >= 11 is 0. The van der Waals surface area contributed by atoms with Crippen LogP contribution in [0.4, 0.5) is 4.79 Å². The van der Waals surface area contributed by atoms with Gasteiger partial charge in [-0.1, -0.05) is 6.07 Å². The zero-order valence-electron chi connectivity index (χ0n) is 18.9. The molecule has 1 aliphatic rings. The van der Waals surface area contributed by atoms with Gasteiger partial charge in [0, 0.05) is 32.7 Å². The monoisotopic (exact) mass is 477 g/mol. The van der Waals surface area contributed by atoms with Crippen molar-refractivity contribution in [2.24, 2.45) is 0 Å². The number of methoxy groups -OCH3 is 2. The second-order valence-electron chi connectivity index (χ2n) is 7.12. The van der Waals surface area contributed by atoms with Crippen LogP contribution in [0.25, 0.3) is 0 Å². The van der Waals surface area contributed by atoms with Crippen LogP contribution in [0.5, 0.6) is 11.5 Å². The standard InChI is InChI=1S/C20H25N3O5.C2H2O4/c1-26-18-6-5-15(12-19(18)27-2)13-21-20(25)23-9-7-22(8-10-23)14-16(24)17-4-3-11-28-17;3-1(4)2(5)6/h3-6,11-12H,7-10,13-14H2,1-2H3,(H,21,25);(H,3,4)(H,5,6). The molecule has 0 bridgehead atoms. The number of nitrogens with one attached hydrogen (secondary N) is 1. The fourth-order valence-corrected chi connectivity index (χ4v) is 3.11. The van der Waals surface area contributed by atoms with Crippen LogP contribution < -0.4 is 14.8 Å². The van der Waals surface area contributed by atoms with Gasteiger partial charge in [0.25, 0.3) is 0 Å². The minimum atomic E-state index is -1.82. The molecule has 1 aromatic heterocycles. The molecule has 0 radical (unpaired) electrons. The third kappa shape index (κ3) is 7.81. The van der Waals surface area contributed by atoms with E-state index in [1.165, 1.54) is 6.26 Å². The maximum atomic E-state index is 12.4. The average molecular weight is 477 g/mol. The molecule has 0 spiro atoms. The molecule has 1 saturated heterocycles. The number of carbonyl (C=O) groups is 4. The molecule has 3 rings (SSSR count). The number of Topliss-reactive ketones (excluding diaryl/α,β-unsaturated/α-hetero) is 1. The Morgan fingerprint density at radius 3 is 2.15 bits per heavy atom. The third-order valence-electron chi connectivity index (χ3n) is 4.90. The first kappa shape index (κ1) is 26.2. The highest BCUT2D eigenvalue weighted by atomic mass is 16.5. The largest absolute Gasteiger partial charge is 0.493 e. The molecule has 1 aromatic carbocycles. The number of carbonyl (C=O) groups excluding carboxylic acids is 2. The van der Waals surface area contributed by atoms with Gasteiger partial charge in [0.05, 0.1) is 27.0 Å². The molecule has 0 unspecified atom stereocenters. The average Bonchev–Trinajstić information content (AvgIpc) is 3.38. The lowest BCUT2D eigenvalue weighted by Crippen LogP contribution is -2.52. The van der Waals surface area contributed by atoms with Crippen LogP contribution in [-0.2, 0) is 16.1 Å². The van der Waals surface area contributed by atoms with Gasteiger partial charge in [-0.25, -0.2) is 14.4 Å². The molecule has 1 aliphatic heterocycles. The lowest BCUT2D eigenvalue weighted by molar-refractivity contribution is -0.159. The number of ether oxygens (including phenoxy) is 2. The van der Waals surface area contributed by atoms with Crippen molar-refractivity contribution in [3.05, 3.63) is 47.9 Å². The Hall–Kier alpha value is -4.06. The Balaban J connectivity index is 0.000000604. The van der Waals surface area contributed by atoms with Crippen molar-refractivity contribution < 1.29 is 43.3 Å². The number of hydrogen-bond acceptors (Lipinski definition) is 8. The van der Waals surface area contributed by atoms with E-state index in [2.05, 4.69) is 5.32 Å². The molecule has 184 valence electrons. The van der Waals surface area contributed by atoms with Gasteiger partial charge in [0.15, 0.2) is 17.3 Å². The van der Waals surface area contributed by atoms with Gasteiger partial charge in [0.2, 0.25) is 5.78 Å². The minimum Gasteiger partial charge on any atom is -0.493 e. The van der Waals surface area contributed by atoms with E-state index in [1.807, 2.05) is 23.1 Å². The Kier molecular flexibility index (Phi) is 9.90. The lowest BCUT2D eigenvalue weighted by Gasteiger charge is -2.34. The molecule has 1 fully saturated rings. The van der Waals surface area contributed by atoms with Crippen molar-refractivity contribution in [2.75, 3.05) is 46.9 Å². The number of carboxylic acid groups (broad SMARTS) is 2. The predicted octanol–water partition coefficient (Wildman–Crippen LogP) is 1.16. The van der Waals surface area contributed by atoms with Crippen molar-refractivity contribution in [3.8, 4) is 11.5 Å². The third-order valence-corrected chi connectivity index (χ3v) is 4.90. The van der Waals surface area contributed by atoms with Crippen LogP contribution in [0.1, 0.15) is 16.1 Å². The molecule has 2 aromatic rings. The van der Waals surface area contributed by atoms with Gasteiger partial charge in [0.1, 0.15) is 0 Å². The predicted molar refractivity (Wildman–Crippen MR) is 118 cm³/mol. The molecule has 0 aliphatic carbocycles. The molecular weight excluding hydrogens is 450 g/mol. The van der Waals surface area contributed by atoms with Gasteiger partial charge in [-0.05, 0) is 29.8 Å². The first-order chi connectivity index (χ1) is 16.2. The summed E-state index contributed by atoms with van der Waals surface area (Å²) < 4.78 is 15.6. The van der Waals surface area contributed by atoms with E-state index in [1.54, 1.807) is 31.3 Å². The van der Waals surface area contributed by atoms with E-state index in [0.717, 1.165) is 5.56 Å². The Morgan fingerprint density at radius 1 is 0.971 bits per heavy atom. The van der Waals surface area contributed by atoms with E-state index in [4.69, 9.17) is 33.7 Å². The normalized spacial score (nSPS) is 13.3. The van der Waals surface area contributed by atoms with Gasteiger partial charge >= 0.3 is 18.0 Å². The Morgan fingerprint density at radius 2 is 1.62 bits per heavy atom. The summed E-state index contributed by atoms with van der Waals surface area (Å²) in [4.78, 5) is 46.5. The summed E-state index contributed by atoms with van der Waals surface area (Å²) in [5.74, 6) is -2.04. The number of rotatable bonds is 7. The number of furan rings is 1. The number of ketones is 1. The summed E-state index contributed by atoms with van der Waals surface area (Å²) in [5.41, 5.74) is 0.925. The zero-order valence-corrected chi connectivity index (χ0v) is 18.9. The molecule has 2 amide bonds. The van der Waals surface area contributed by atoms with Gasteiger partial charge < -0.3 is 34.3 Å². The molecule has 3 N–H and O–H groups in total. The SMILES string of the molecule is COc1ccc(CNC(=O)N2CCN(CC(=O)c3ccco3)CC2)cc1OC.O=C(O)C(=O)O. The molecule has 12 heteroatoms. The van der Waals surface area contributed by atoms with Crippen LogP contribution in [0.15, 0.2) is 41.0 Å². The van der Waals surface area contributed by atoms with E-state index >= 15 is 0 Å². The number of piperazine rings is 1. The number of benzene rings is 1. The number of aliphatic carboxylic acids is 2. The summed E-state index contributed by atoms with van der Waals surface area (Å²) in [6.45, 7) is 3.14. The second-order valence-corrected chi connectivity index (χ2v) is 7.12. The fourth-order valence-electron chi connectivity index (χ4n) is 3.11. The Labute approximate surface area is 195 Å². The highest BCUT2D eigenvalue weighted by molar-refractivity contribution is 6.27. The van der Waals surface area contributed by atoms with Crippen LogP contribution in [0.2, 0.25) is 0 Å². The highest BCUT2D eigenvalue weighted by Gasteiger charge is 2.23. The Bertz CT molecular complexity index is 972. The van der Waals surface area contributed by atoms with E-state index in [-0.39, 0.29) is 11.8 Å². The number of hydrogen-bond donors (Lipinski definition) is 3. The topological polar surface area (TPSA) is 159 Å². The molecule has 0 atom stereocenters. The van der Waals surface area contributed by atoms with Crippen molar-refractivity contribution in [3.63, 3.8) is 0 Å². The van der Waals surface area contributed by atoms with Crippen molar-refractivity contribution in [1.29, 1.82) is 0 Å². The minimum absolute atomic E-state index is 0.0450. The quantitative estimate of drug-likeness (QED) is 0.390. The molecule has 0 saturated carbocycles. The molecule has 2 heterocycles. The summed E-state index contributed by atoms with van der Waals surface area (Å²) in [7, 11) is 3.16. The van der Waals surface area contributed by atoms with Gasteiger partial charge in [-0.3, -0.25) is 9.69 Å². The zero-order chi connectivity index (χ0) is 25.1. The number of nitrogens with zero attached hydrogens (tertiary/aromatic N) is 2. The molecule has 12 nitrogen and oxygen atoms in total. The van der Waals surface area contributed by atoms with Crippen LogP contribution in [-0.4, -0.2) is 90.7 Å².